The highest BCUT2D eigenvalue weighted by Gasteiger charge is 2.52. The zero-order chi connectivity index (χ0) is 13.6. The van der Waals surface area contributed by atoms with Crippen LogP contribution < -0.4 is 0 Å². The fourth-order valence-electron chi connectivity index (χ4n) is 5.91. The van der Waals surface area contributed by atoms with E-state index in [2.05, 4.69) is 13.8 Å². The van der Waals surface area contributed by atoms with Crippen LogP contribution >= 0.6 is 0 Å². The van der Waals surface area contributed by atoms with Gasteiger partial charge in [-0.05, 0) is 73.5 Å². The Morgan fingerprint density at radius 1 is 1.16 bits per heavy atom. The van der Waals surface area contributed by atoms with Gasteiger partial charge in [-0.1, -0.05) is 20.3 Å². The molecule has 0 aliphatic heterocycles. The molecule has 2 nitrogen and oxygen atoms in total. The molecule has 2 heteroatoms. The molecule has 1 N–H and O–H groups in total. The first-order valence-corrected chi connectivity index (χ1v) is 8.23. The monoisotopic (exact) mass is 264 g/mol. The molecule has 0 amide bonds. The van der Waals surface area contributed by atoms with Crippen LogP contribution in [0.5, 0.6) is 0 Å². The van der Waals surface area contributed by atoms with Crippen LogP contribution in [0.25, 0.3) is 0 Å². The Kier molecular flexibility index (Phi) is 3.39. The molecule has 0 saturated heterocycles. The van der Waals surface area contributed by atoms with E-state index in [0.717, 1.165) is 24.2 Å². The van der Waals surface area contributed by atoms with Gasteiger partial charge in [-0.25, -0.2) is 0 Å². The zero-order valence-corrected chi connectivity index (χ0v) is 12.4. The van der Waals surface area contributed by atoms with Crippen LogP contribution in [-0.2, 0) is 4.79 Å². The lowest BCUT2D eigenvalue weighted by Gasteiger charge is -2.52. The van der Waals surface area contributed by atoms with E-state index in [9.17, 15) is 4.79 Å². The molecule has 0 aromatic heterocycles. The van der Waals surface area contributed by atoms with Gasteiger partial charge in [0.25, 0.3) is 0 Å². The molecule has 0 aromatic carbocycles. The molecule has 6 atom stereocenters. The Labute approximate surface area is 117 Å². The minimum atomic E-state index is -0.600. The van der Waals surface area contributed by atoms with Gasteiger partial charge in [0.15, 0.2) is 0 Å². The Hall–Kier alpha value is -0.530. The van der Waals surface area contributed by atoms with Crippen LogP contribution in [0, 0.1) is 35.0 Å². The molecule has 3 saturated carbocycles. The molecule has 3 fully saturated rings. The first kappa shape index (κ1) is 13.5. The van der Waals surface area contributed by atoms with E-state index >= 15 is 0 Å². The minimum absolute atomic E-state index is 0.395. The van der Waals surface area contributed by atoms with Crippen LogP contribution in [0.3, 0.4) is 0 Å². The lowest BCUT2D eigenvalue weighted by Crippen LogP contribution is -2.45. The Balaban J connectivity index is 1.74. The number of fused-ring (bicyclic) bond motifs is 3. The van der Waals surface area contributed by atoms with Crippen LogP contribution in [-0.4, -0.2) is 11.1 Å². The normalized spacial score (nSPS) is 49.5. The molecular formula is C17H28O2. The topological polar surface area (TPSA) is 37.3 Å². The summed E-state index contributed by atoms with van der Waals surface area (Å²) >= 11 is 0. The number of carboxylic acid groups (broad SMARTS) is 1. The van der Waals surface area contributed by atoms with Crippen molar-refractivity contribution in [1.29, 1.82) is 0 Å². The fraction of sp³-hybridized carbons (Fsp3) is 0.941. The van der Waals surface area contributed by atoms with Crippen LogP contribution in [0.4, 0.5) is 0 Å². The Morgan fingerprint density at radius 2 is 1.95 bits per heavy atom. The van der Waals surface area contributed by atoms with E-state index in [1.165, 1.54) is 38.5 Å². The van der Waals surface area contributed by atoms with Crippen molar-refractivity contribution in [1.82, 2.24) is 0 Å². The molecule has 0 radical (unpaired) electrons. The second-order valence-corrected chi connectivity index (χ2v) is 7.81. The highest BCUT2D eigenvalue weighted by Crippen LogP contribution is 2.60. The van der Waals surface area contributed by atoms with Crippen molar-refractivity contribution < 1.29 is 9.90 Å². The van der Waals surface area contributed by atoms with Gasteiger partial charge in [-0.15, -0.1) is 0 Å². The second kappa shape index (κ2) is 4.79. The molecule has 19 heavy (non-hydrogen) atoms. The van der Waals surface area contributed by atoms with Gasteiger partial charge in [0.05, 0.1) is 0 Å². The Morgan fingerprint density at radius 3 is 2.68 bits per heavy atom. The van der Waals surface area contributed by atoms with E-state index in [1.54, 1.807) is 0 Å². The van der Waals surface area contributed by atoms with Crippen molar-refractivity contribution in [2.75, 3.05) is 0 Å². The average molecular weight is 264 g/mol. The van der Waals surface area contributed by atoms with Gasteiger partial charge >= 0.3 is 5.97 Å². The second-order valence-electron chi connectivity index (χ2n) is 7.81. The lowest BCUT2D eigenvalue weighted by molar-refractivity contribution is -0.140. The maximum Gasteiger partial charge on any atom is 0.303 e. The van der Waals surface area contributed by atoms with Crippen LogP contribution in [0.1, 0.15) is 65.2 Å². The molecule has 0 spiro atoms. The van der Waals surface area contributed by atoms with Gasteiger partial charge in [-0.3, -0.25) is 4.79 Å². The smallest absolute Gasteiger partial charge is 0.303 e. The highest BCUT2D eigenvalue weighted by atomic mass is 16.4. The van der Waals surface area contributed by atoms with Crippen molar-refractivity contribution >= 4 is 5.97 Å². The van der Waals surface area contributed by atoms with Crippen molar-refractivity contribution in [2.45, 2.75) is 65.2 Å². The van der Waals surface area contributed by atoms with E-state index in [-0.39, 0.29) is 0 Å². The lowest BCUT2D eigenvalue weighted by atomic mass is 9.52. The SMILES string of the molecule is C[C@@H]1[C@H](CC(=O)O)CC[C@@H]2[C@@H]1CC[C@]1(C)CCC[C@@H]21. The average Bonchev–Trinajstić information content (AvgIpc) is 2.74. The minimum Gasteiger partial charge on any atom is -0.481 e. The molecule has 0 heterocycles. The van der Waals surface area contributed by atoms with Gasteiger partial charge in [0.2, 0.25) is 0 Å². The van der Waals surface area contributed by atoms with Crippen molar-refractivity contribution in [3.8, 4) is 0 Å². The maximum absolute atomic E-state index is 11.0. The summed E-state index contributed by atoms with van der Waals surface area (Å²) in [6, 6.07) is 0. The summed E-state index contributed by atoms with van der Waals surface area (Å²) in [7, 11) is 0. The first-order chi connectivity index (χ1) is 9.01. The number of hydrogen-bond acceptors (Lipinski definition) is 1. The third-order valence-corrected chi connectivity index (χ3v) is 7.00. The molecule has 3 aliphatic rings. The summed E-state index contributed by atoms with van der Waals surface area (Å²) in [6.07, 6.45) is 9.90. The quantitative estimate of drug-likeness (QED) is 0.805. The maximum atomic E-state index is 11.0. The van der Waals surface area contributed by atoms with E-state index < -0.39 is 5.97 Å². The van der Waals surface area contributed by atoms with Gasteiger partial charge in [0.1, 0.15) is 0 Å². The van der Waals surface area contributed by atoms with Crippen LogP contribution in [0.2, 0.25) is 0 Å². The molecule has 108 valence electrons. The van der Waals surface area contributed by atoms with Gasteiger partial charge in [-0.2, -0.15) is 0 Å². The van der Waals surface area contributed by atoms with Crippen molar-refractivity contribution in [2.24, 2.45) is 35.0 Å². The molecule has 3 rings (SSSR count). The Bertz CT molecular complexity index is 364. The summed E-state index contributed by atoms with van der Waals surface area (Å²) in [5.74, 6) is 3.12. The van der Waals surface area contributed by atoms with E-state index in [1.807, 2.05) is 0 Å². The van der Waals surface area contributed by atoms with Gasteiger partial charge < -0.3 is 5.11 Å². The zero-order valence-electron chi connectivity index (χ0n) is 12.4. The number of rotatable bonds is 2. The summed E-state index contributed by atoms with van der Waals surface area (Å²) in [5, 5.41) is 9.07. The summed E-state index contributed by atoms with van der Waals surface area (Å²) in [4.78, 5) is 11.0. The fourth-order valence-corrected chi connectivity index (χ4v) is 5.91. The van der Waals surface area contributed by atoms with E-state index in [0.29, 0.717) is 23.7 Å². The summed E-state index contributed by atoms with van der Waals surface area (Å²) in [6.45, 7) is 4.86. The predicted octanol–water partition coefficient (Wildman–Crippen LogP) is 4.34. The summed E-state index contributed by atoms with van der Waals surface area (Å²) in [5.41, 5.74) is 0.626. The molecular weight excluding hydrogens is 236 g/mol. The summed E-state index contributed by atoms with van der Waals surface area (Å²) < 4.78 is 0. The highest BCUT2D eigenvalue weighted by molar-refractivity contribution is 5.67. The number of carboxylic acids is 1. The third kappa shape index (κ3) is 2.21. The molecule has 0 aromatic rings. The standard InChI is InChI=1S/C17H28O2/c1-11-12(10-16(18)19)5-6-14-13(11)7-9-17(2)8-3-4-15(14)17/h11-15H,3-10H2,1-2H3,(H,18,19)/t11-,12+,13-,14-,15+,17+/m1/s1. The van der Waals surface area contributed by atoms with Crippen molar-refractivity contribution in [3.05, 3.63) is 0 Å². The van der Waals surface area contributed by atoms with Crippen LogP contribution in [0.15, 0.2) is 0 Å². The molecule has 0 unspecified atom stereocenters. The molecule has 3 aliphatic carbocycles. The first-order valence-electron chi connectivity index (χ1n) is 8.23. The number of hydrogen-bond donors (Lipinski definition) is 1. The number of aliphatic carboxylic acids is 1. The van der Waals surface area contributed by atoms with Gasteiger partial charge in [0, 0.05) is 6.42 Å². The number of carbonyl (C=O) groups is 1. The third-order valence-electron chi connectivity index (χ3n) is 7.00. The van der Waals surface area contributed by atoms with E-state index in [4.69, 9.17) is 5.11 Å². The largest absolute Gasteiger partial charge is 0.481 e. The predicted molar refractivity (Wildman–Crippen MR) is 75.8 cm³/mol. The van der Waals surface area contributed by atoms with Crippen molar-refractivity contribution in [3.63, 3.8) is 0 Å². The molecule has 0 bridgehead atoms.